The first-order chi connectivity index (χ1) is 29.4. The molecule has 10 heteroatoms. The number of rotatable bonds is 19. The van der Waals surface area contributed by atoms with Crippen molar-refractivity contribution >= 4 is 29.8 Å². The van der Waals surface area contributed by atoms with Crippen molar-refractivity contribution in [3.05, 3.63) is 0 Å². The standard InChI is InChI=1S/C52H86O10/c1-8-49(4,44(54)59-39-26-16-10-17-27-39)35-51(6,46(56)61-41-30-20-12-21-31-41)37-52(7,47(57)62-42-32-22-13-23-33-42)36-50(5,45(55)60-40-28-18-11-19-29-40)34-48(2,3)43(53)58-38-24-14-9-15-25-38/h38-42H,8-37H2,1-7H3. The normalized spacial score (nSPS) is 24.6. The molecule has 0 heterocycles. The predicted octanol–water partition coefficient (Wildman–Crippen LogP) is 12.4. The molecule has 354 valence electrons. The molecule has 0 aliphatic heterocycles. The lowest BCUT2D eigenvalue weighted by Crippen LogP contribution is -2.50. The average Bonchev–Trinajstić information content (AvgIpc) is 3.25. The summed E-state index contributed by atoms with van der Waals surface area (Å²) in [5.41, 5.74) is -6.28. The van der Waals surface area contributed by atoms with E-state index in [1.54, 1.807) is 0 Å². The Morgan fingerprint density at radius 3 is 0.790 bits per heavy atom. The Kier molecular flexibility index (Phi) is 18.3. The summed E-state index contributed by atoms with van der Waals surface area (Å²) in [6, 6.07) is 0. The zero-order valence-electron chi connectivity index (χ0n) is 40.2. The van der Waals surface area contributed by atoms with Crippen molar-refractivity contribution in [1.82, 2.24) is 0 Å². The van der Waals surface area contributed by atoms with Crippen LogP contribution in [0.25, 0.3) is 0 Å². The van der Waals surface area contributed by atoms with Gasteiger partial charge in [-0.05, 0) is 202 Å². The minimum Gasteiger partial charge on any atom is -0.462 e. The van der Waals surface area contributed by atoms with Gasteiger partial charge in [0.25, 0.3) is 0 Å². The first-order valence-electron chi connectivity index (χ1n) is 25.4. The molecule has 0 amide bonds. The van der Waals surface area contributed by atoms with Crippen LogP contribution < -0.4 is 0 Å². The van der Waals surface area contributed by atoms with Crippen molar-refractivity contribution in [2.45, 2.75) is 272 Å². The maximum absolute atomic E-state index is 15.2. The summed E-state index contributed by atoms with van der Waals surface area (Å²) in [7, 11) is 0. The molecular weight excluding hydrogens is 785 g/mol. The van der Waals surface area contributed by atoms with Gasteiger partial charge in [-0.3, -0.25) is 24.0 Å². The van der Waals surface area contributed by atoms with Crippen molar-refractivity contribution in [3.8, 4) is 0 Å². The van der Waals surface area contributed by atoms with Crippen molar-refractivity contribution in [3.63, 3.8) is 0 Å². The molecule has 0 saturated heterocycles. The van der Waals surface area contributed by atoms with Crippen LogP contribution in [-0.2, 0) is 47.7 Å². The van der Waals surface area contributed by atoms with E-state index in [4.69, 9.17) is 23.7 Å². The zero-order chi connectivity index (χ0) is 45.0. The van der Waals surface area contributed by atoms with Crippen molar-refractivity contribution in [2.24, 2.45) is 27.1 Å². The van der Waals surface area contributed by atoms with Gasteiger partial charge in [0.2, 0.25) is 0 Å². The van der Waals surface area contributed by atoms with Crippen LogP contribution in [0.4, 0.5) is 0 Å². The Bertz CT molecular complexity index is 1480. The van der Waals surface area contributed by atoms with E-state index in [2.05, 4.69) is 0 Å². The maximum atomic E-state index is 15.2. The number of ether oxygens (including phenoxy) is 5. The van der Waals surface area contributed by atoms with E-state index in [1.807, 2.05) is 48.5 Å². The lowest BCUT2D eigenvalue weighted by molar-refractivity contribution is -0.181. The fourth-order valence-corrected chi connectivity index (χ4v) is 12.0. The molecule has 0 bridgehead atoms. The highest BCUT2D eigenvalue weighted by atomic mass is 16.6. The topological polar surface area (TPSA) is 132 Å². The second-order valence-electron chi connectivity index (χ2n) is 22.5. The van der Waals surface area contributed by atoms with E-state index in [-0.39, 0.29) is 68.1 Å². The molecule has 4 unspecified atom stereocenters. The molecule has 0 spiro atoms. The fourth-order valence-electron chi connectivity index (χ4n) is 12.0. The van der Waals surface area contributed by atoms with Crippen LogP contribution in [-0.4, -0.2) is 60.4 Å². The predicted molar refractivity (Wildman–Crippen MR) is 240 cm³/mol. The third-order valence-electron chi connectivity index (χ3n) is 15.6. The largest absolute Gasteiger partial charge is 0.462 e. The molecule has 5 saturated carbocycles. The van der Waals surface area contributed by atoms with Crippen molar-refractivity contribution < 1.29 is 47.7 Å². The molecule has 5 aliphatic carbocycles. The van der Waals surface area contributed by atoms with E-state index in [1.165, 1.54) is 0 Å². The Morgan fingerprint density at radius 2 is 0.532 bits per heavy atom. The minimum absolute atomic E-state index is 0.0251. The van der Waals surface area contributed by atoms with E-state index in [0.29, 0.717) is 6.42 Å². The number of hydrogen-bond donors (Lipinski definition) is 0. The van der Waals surface area contributed by atoms with Crippen molar-refractivity contribution in [2.75, 3.05) is 0 Å². The molecule has 5 rings (SSSR count). The molecule has 0 aromatic rings. The molecule has 0 N–H and O–H groups in total. The Hall–Kier alpha value is -2.65. The maximum Gasteiger partial charge on any atom is 0.312 e. The van der Waals surface area contributed by atoms with Crippen molar-refractivity contribution in [1.29, 1.82) is 0 Å². The second kappa shape index (κ2) is 22.5. The first kappa shape index (κ1) is 50.4. The molecule has 5 aliphatic rings. The van der Waals surface area contributed by atoms with Gasteiger partial charge >= 0.3 is 29.8 Å². The van der Waals surface area contributed by atoms with Crippen LogP contribution in [0.5, 0.6) is 0 Å². The fraction of sp³-hybridized carbons (Fsp3) is 0.904. The third kappa shape index (κ3) is 13.9. The van der Waals surface area contributed by atoms with Crippen LogP contribution in [0.3, 0.4) is 0 Å². The van der Waals surface area contributed by atoms with E-state index >= 15 is 9.59 Å². The van der Waals surface area contributed by atoms with Gasteiger partial charge in [-0.15, -0.1) is 0 Å². The lowest BCUT2D eigenvalue weighted by atomic mass is 9.59. The number of esters is 5. The highest BCUT2D eigenvalue weighted by Crippen LogP contribution is 2.53. The average molecular weight is 871 g/mol. The van der Waals surface area contributed by atoms with Crippen LogP contribution in [0.1, 0.15) is 241 Å². The highest BCUT2D eigenvalue weighted by molar-refractivity contribution is 5.85. The van der Waals surface area contributed by atoms with Gasteiger partial charge in [-0.1, -0.05) is 39.0 Å². The van der Waals surface area contributed by atoms with Gasteiger partial charge < -0.3 is 23.7 Å². The molecule has 62 heavy (non-hydrogen) atoms. The Balaban J connectivity index is 1.54. The molecular formula is C52H86O10. The van der Waals surface area contributed by atoms with E-state index in [9.17, 15) is 14.4 Å². The molecule has 5 fully saturated rings. The lowest BCUT2D eigenvalue weighted by Gasteiger charge is -2.45. The summed E-state index contributed by atoms with van der Waals surface area (Å²) < 4.78 is 31.7. The summed E-state index contributed by atoms with van der Waals surface area (Å²) in [4.78, 5) is 73.6. The molecule has 0 aromatic heterocycles. The second-order valence-corrected chi connectivity index (χ2v) is 22.5. The summed E-state index contributed by atoms with van der Waals surface area (Å²) in [5, 5.41) is 0. The molecule has 0 radical (unpaired) electrons. The summed E-state index contributed by atoms with van der Waals surface area (Å²) in [6.07, 6.45) is 22.8. The summed E-state index contributed by atoms with van der Waals surface area (Å²) >= 11 is 0. The van der Waals surface area contributed by atoms with Gasteiger partial charge in [0.15, 0.2) is 0 Å². The zero-order valence-corrected chi connectivity index (χ0v) is 40.2. The Labute approximate surface area is 375 Å². The van der Waals surface area contributed by atoms with Gasteiger partial charge in [0.1, 0.15) is 30.5 Å². The first-order valence-corrected chi connectivity index (χ1v) is 25.4. The SMILES string of the molecule is CCC(C)(CC(C)(CC(C)(CC(C)(CC(C)(C)C(=O)OC1CCCCC1)C(=O)OC1CCCCC1)C(=O)OC1CCCCC1)C(=O)OC1CCCCC1)C(=O)OC1CCCCC1. The summed E-state index contributed by atoms with van der Waals surface area (Å²) in [5.74, 6) is -2.03. The number of carbonyl (C=O) groups is 5. The summed E-state index contributed by atoms with van der Waals surface area (Å²) in [6.45, 7) is 13.0. The van der Waals surface area contributed by atoms with Gasteiger partial charge in [0, 0.05) is 0 Å². The minimum atomic E-state index is -1.43. The van der Waals surface area contributed by atoms with Gasteiger partial charge in [-0.2, -0.15) is 0 Å². The van der Waals surface area contributed by atoms with E-state index < -0.39 is 45.0 Å². The van der Waals surface area contributed by atoms with E-state index in [0.717, 1.165) is 161 Å². The van der Waals surface area contributed by atoms with Crippen LogP contribution in [0.15, 0.2) is 0 Å². The Morgan fingerprint density at radius 1 is 0.323 bits per heavy atom. The molecule has 4 atom stereocenters. The van der Waals surface area contributed by atoms with Gasteiger partial charge in [-0.25, -0.2) is 0 Å². The quantitative estimate of drug-likeness (QED) is 0.0913. The molecule has 10 nitrogen and oxygen atoms in total. The monoisotopic (exact) mass is 871 g/mol. The van der Waals surface area contributed by atoms with Crippen LogP contribution in [0.2, 0.25) is 0 Å². The number of hydrogen-bond acceptors (Lipinski definition) is 10. The van der Waals surface area contributed by atoms with Gasteiger partial charge in [0.05, 0.1) is 27.1 Å². The van der Waals surface area contributed by atoms with Crippen LogP contribution >= 0.6 is 0 Å². The highest BCUT2D eigenvalue weighted by Gasteiger charge is 2.57. The van der Waals surface area contributed by atoms with Crippen LogP contribution in [0, 0.1) is 27.1 Å². The molecule has 0 aromatic carbocycles. The number of carbonyl (C=O) groups excluding carboxylic acids is 5. The smallest absolute Gasteiger partial charge is 0.312 e. The third-order valence-corrected chi connectivity index (χ3v) is 15.6.